The van der Waals surface area contributed by atoms with Gasteiger partial charge in [-0.2, -0.15) is 0 Å². The first kappa shape index (κ1) is 14.2. The van der Waals surface area contributed by atoms with Crippen molar-refractivity contribution in [3.05, 3.63) is 71.8 Å². The van der Waals surface area contributed by atoms with Crippen LogP contribution in [0.25, 0.3) is 0 Å². The van der Waals surface area contributed by atoms with Gasteiger partial charge < -0.3 is 0 Å². The third kappa shape index (κ3) is 2.03. The second kappa shape index (κ2) is 5.65. The summed E-state index contributed by atoms with van der Waals surface area (Å²) in [5.41, 5.74) is 1.32. The Kier molecular flexibility index (Phi) is 3.49. The highest BCUT2D eigenvalue weighted by molar-refractivity contribution is 6.31. The molecule has 0 aromatic heterocycles. The molecule has 2 aromatic rings. The smallest absolute Gasteiger partial charge is 0.250 e. The van der Waals surface area contributed by atoms with Crippen LogP contribution >= 0.6 is 0 Å². The average molecular weight is 304 g/mol. The Labute approximate surface area is 136 Å². The number of fused-ring (bicyclic) bond motifs is 1. The van der Waals surface area contributed by atoms with E-state index in [0.717, 1.165) is 49.3 Å². The van der Waals surface area contributed by atoms with Crippen LogP contribution in [0.3, 0.4) is 0 Å². The lowest BCUT2D eigenvalue weighted by Gasteiger charge is -2.51. The molecule has 0 atom stereocenters. The fourth-order valence-electron chi connectivity index (χ4n) is 3.75. The summed E-state index contributed by atoms with van der Waals surface area (Å²) < 4.78 is 0. The number of carbonyl (C=O) groups excluding carboxylic acids is 1. The van der Waals surface area contributed by atoms with Gasteiger partial charge in [0.05, 0.1) is 0 Å². The van der Waals surface area contributed by atoms with Crippen LogP contribution in [0.5, 0.6) is 0 Å². The normalized spacial score (nSPS) is 19.9. The minimum Gasteiger partial charge on any atom is -0.298 e. The molecular formula is C20H20N2O. The maximum Gasteiger partial charge on any atom is 0.250 e. The summed E-state index contributed by atoms with van der Waals surface area (Å²) in [6.45, 7) is 1.60. The third-order valence-electron chi connectivity index (χ3n) is 4.87. The molecule has 2 heterocycles. The van der Waals surface area contributed by atoms with E-state index in [1.807, 2.05) is 65.6 Å². The van der Waals surface area contributed by atoms with E-state index in [-0.39, 0.29) is 5.91 Å². The minimum absolute atomic E-state index is 0.163. The third-order valence-corrected chi connectivity index (χ3v) is 4.87. The van der Waals surface area contributed by atoms with Crippen molar-refractivity contribution in [1.29, 1.82) is 0 Å². The van der Waals surface area contributed by atoms with Gasteiger partial charge in [0.2, 0.25) is 0 Å². The van der Waals surface area contributed by atoms with Gasteiger partial charge in [-0.1, -0.05) is 60.7 Å². The molecule has 0 aliphatic carbocycles. The summed E-state index contributed by atoms with van der Waals surface area (Å²) in [5.74, 6) is 1.09. The molecule has 0 unspecified atom stereocenters. The van der Waals surface area contributed by atoms with E-state index in [4.69, 9.17) is 4.99 Å². The topological polar surface area (TPSA) is 32.7 Å². The Hall–Kier alpha value is -2.42. The molecule has 1 amide bonds. The number of nitrogens with zero attached hydrogens (tertiary/aromatic N) is 2. The summed E-state index contributed by atoms with van der Waals surface area (Å²) in [5, 5.41) is 0. The van der Waals surface area contributed by atoms with Crippen LogP contribution in [0.1, 0.15) is 30.4 Å². The largest absolute Gasteiger partial charge is 0.298 e. The van der Waals surface area contributed by atoms with E-state index >= 15 is 0 Å². The van der Waals surface area contributed by atoms with E-state index in [2.05, 4.69) is 0 Å². The van der Waals surface area contributed by atoms with Crippen molar-refractivity contribution in [2.24, 2.45) is 4.99 Å². The van der Waals surface area contributed by atoms with Crippen LogP contribution in [0.15, 0.2) is 65.7 Å². The van der Waals surface area contributed by atoms with Gasteiger partial charge in [0.15, 0.2) is 5.41 Å². The predicted molar refractivity (Wildman–Crippen MR) is 91.5 cm³/mol. The number of aliphatic imine (C=N–C) groups is 1. The molecule has 2 aliphatic rings. The maximum absolute atomic E-state index is 13.2. The van der Waals surface area contributed by atoms with Gasteiger partial charge in [-0.25, -0.2) is 0 Å². The van der Waals surface area contributed by atoms with Crippen molar-refractivity contribution in [1.82, 2.24) is 4.90 Å². The molecule has 116 valence electrons. The minimum atomic E-state index is -0.722. The first-order valence-electron chi connectivity index (χ1n) is 8.33. The predicted octanol–water partition coefficient (Wildman–Crippen LogP) is 3.40. The van der Waals surface area contributed by atoms with E-state index in [1.54, 1.807) is 0 Å². The van der Waals surface area contributed by atoms with Gasteiger partial charge in [-0.05, 0) is 30.4 Å². The van der Waals surface area contributed by atoms with E-state index in [0.29, 0.717) is 0 Å². The molecule has 2 aromatic carbocycles. The zero-order chi connectivity index (χ0) is 15.7. The van der Waals surface area contributed by atoms with Crippen molar-refractivity contribution in [2.45, 2.75) is 24.7 Å². The highest BCUT2D eigenvalue weighted by Crippen LogP contribution is 2.44. The van der Waals surface area contributed by atoms with Gasteiger partial charge in [-0.3, -0.25) is 14.7 Å². The molecule has 23 heavy (non-hydrogen) atoms. The molecular weight excluding hydrogens is 284 g/mol. The lowest BCUT2D eigenvalue weighted by Crippen LogP contribution is -2.69. The molecule has 3 nitrogen and oxygen atoms in total. The summed E-state index contributed by atoms with van der Waals surface area (Å²) in [6.07, 6.45) is 3.31. The van der Waals surface area contributed by atoms with Crippen molar-refractivity contribution in [3.8, 4) is 0 Å². The lowest BCUT2D eigenvalue weighted by molar-refractivity contribution is -0.135. The van der Waals surface area contributed by atoms with Crippen molar-refractivity contribution in [3.63, 3.8) is 0 Å². The van der Waals surface area contributed by atoms with Gasteiger partial charge in [0, 0.05) is 13.1 Å². The number of benzene rings is 2. The number of amides is 1. The van der Waals surface area contributed by atoms with Crippen LogP contribution < -0.4 is 0 Å². The van der Waals surface area contributed by atoms with Gasteiger partial charge in [0.1, 0.15) is 5.84 Å². The first-order chi connectivity index (χ1) is 11.3. The average Bonchev–Trinajstić information content (AvgIpc) is 2.59. The summed E-state index contributed by atoms with van der Waals surface area (Å²) in [6, 6.07) is 20.2. The van der Waals surface area contributed by atoms with Gasteiger partial charge in [-0.15, -0.1) is 0 Å². The Balaban J connectivity index is 1.92. The standard InChI is InChI=1S/C20H20N2O/c23-19-20(16-10-4-1-5-11-16,17-12-6-2-7-13-17)18-21-14-8-3-9-15-22(18)19/h1-2,4-7,10-13H,3,8-9,14-15H2. The number of carbonyl (C=O) groups is 1. The highest BCUT2D eigenvalue weighted by Gasteiger charge is 2.60. The highest BCUT2D eigenvalue weighted by atomic mass is 16.2. The fraction of sp³-hybridized carbons (Fsp3) is 0.300. The van der Waals surface area contributed by atoms with E-state index < -0.39 is 5.41 Å². The second-order valence-corrected chi connectivity index (χ2v) is 6.20. The molecule has 0 N–H and O–H groups in total. The number of hydrogen-bond donors (Lipinski definition) is 0. The van der Waals surface area contributed by atoms with E-state index in [1.165, 1.54) is 0 Å². The molecule has 0 radical (unpaired) electrons. The second-order valence-electron chi connectivity index (χ2n) is 6.20. The van der Waals surface area contributed by atoms with Crippen LogP contribution in [-0.4, -0.2) is 29.7 Å². The Morgan fingerprint density at radius 2 is 1.43 bits per heavy atom. The molecule has 1 fully saturated rings. The van der Waals surface area contributed by atoms with Crippen LogP contribution in [-0.2, 0) is 10.2 Å². The number of rotatable bonds is 2. The van der Waals surface area contributed by atoms with Crippen LogP contribution in [0, 0.1) is 0 Å². The number of β-lactam (4-membered cyclic amide) rings is 1. The first-order valence-corrected chi connectivity index (χ1v) is 8.33. The van der Waals surface area contributed by atoms with Crippen molar-refractivity contribution >= 4 is 11.7 Å². The number of hydrogen-bond acceptors (Lipinski definition) is 2. The Bertz CT molecular complexity index is 697. The zero-order valence-electron chi connectivity index (χ0n) is 13.1. The SMILES string of the molecule is O=C1N2CCCCCN=C2C1(c1ccccc1)c1ccccc1. The van der Waals surface area contributed by atoms with E-state index in [9.17, 15) is 4.79 Å². The van der Waals surface area contributed by atoms with Gasteiger partial charge >= 0.3 is 0 Å². The van der Waals surface area contributed by atoms with Crippen LogP contribution in [0.4, 0.5) is 0 Å². The molecule has 4 rings (SSSR count). The van der Waals surface area contributed by atoms with Crippen molar-refractivity contribution < 1.29 is 4.79 Å². The fourth-order valence-corrected chi connectivity index (χ4v) is 3.75. The monoisotopic (exact) mass is 304 g/mol. The summed E-state index contributed by atoms with van der Waals surface area (Å²) >= 11 is 0. The van der Waals surface area contributed by atoms with Crippen molar-refractivity contribution in [2.75, 3.05) is 13.1 Å². The molecule has 0 saturated carbocycles. The zero-order valence-corrected chi connectivity index (χ0v) is 13.1. The summed E-state index contributed by atoms with van der Waals surface area (Å²) in [7, 11) is 0. The maximum atomic E-state index is 13.2. The van der Waals surface area contributed by atoms with Crippen LogP contribution in [0.2, 0.25) is 0 Å². The Morgan fingerprint density at radius 1 is 0.826 bits per heavy atom. The molecule has 1 saturated heterocycles. The molecule has 0 bridgehead atoms. The molecule has 0 spiro atoms. The summed E-state index contributed by atoms with van der Waals surface area (Å²) in [4.78, 5) is 19.9. The Morgan fingerprint density at radius 3 is 2.04 bits per heavy atom. The van der Waals surface area contributed by atoms with Gasteiger partial charge in [0.25, 0.3) is 5.91 Å². The molecule has 2 aliphatic heterocycles. The quantitative estimate of drug-likeness (QED) is 0.783. The number of amidine groups is 1. The molecule has 3 heteroatoms. The lowest BCUT2D eigenvalue weighted by atomic mass is 9.66.